The molecule has 0 spiro atoms. The summed E-state index contributed by atoms with van der Waals surface area (Å²) in [4.78, 5) is 14.6. The van der Waals surface area contributed by atoms with Crippen LogP contribution in [0.3, 0.4) is 0 Å². The Hall–Kier alpha value is -2.56. The maximum atomic E-state index is 13.0. The zero-order valence-electron chi connectivity index (χ0n) is 15.1. The van der Waals surface area contributed by atoms with Gasteiger partial charge in [-0.25, -0.2) is 4.39 Å². The van der Waals surface area contributed by atoms with Gasteiger partial charge < -0.3 is 14.4 Å². The summed E-state index contributed by atoms with van der Waals surface area (Å²) in [6, 6.07) is 13.3. The summed E-state index contributed by atoms with van der Waals surface area (Å²) in [5.74, 6) is 0.764. The van der Waals surface area contributed by atoms with Crippen molar-refractivity contribution < 1.29 is 18.7 Å². The number of hydrogen-bond donors (Lipinski definition) is 0. The quantitative estimate of drug-likeness (QED) is 0.760. The third-order valence-electron chi connectivity index (χ3n) is 3.90. The van der Waals surface area contributed by atoms with Crippen LogP contribution in [-0.2, 0) is 11.3 Å². The third-order valence-corrected chi connectivity index (χ3v) is 3.90. The van der Waals surface area contributed by atoms with Crippen molar-refractivity contribution >= 4 is 5.91 Å². The number of rotatable bonds is 7. The smallest absolute Gasteiger partial charge is 0.266 e. The summed E-state index contributed by atoms with van der Waals surface area (Å²) in [5.41, 5.74) is -0.0473. The lowest BCUT2D eigenvalue weighted by atomic mass is 10.1. The van der Waals surface area contributed by atoms with Gasteiger partial charge in [-0.1, -0.05) is 12.1 Å². The predicted octanol–water partition coefficient (Wildman–Crippen LogP) is 4.04. The van der Waals surface area contributed by atoms with Crippen LogP contribution in [0.1, 0.15) is 26.3 Å². The zero-order valence-corrected chi connectivity index (χ0v) is 15.1. The number of amides is 1. The van der Waals surface area contributed by atoms with Crippen molar-refractivity contribution in [3.05, 3.63) is 59.9 Å². The van der Waals surface area contributed by atoms with E-state index in [4.69, 9.17) is 9.47 Å². The van der Waals surface area contributed by atoms with Gasteiger partial charge in [-0.2, -0.15) is 0 Å². The topological polar surface area (TPSA) is 38.8 Å². The van der Waals surface area contributed by atoms with E-state index >= 15 is 0 Å². The molecular formula is C20H24FNO3. The van der Waals surface area contributed by atoms with Crippen molar-refractivity contribution in [2.24, 2.45) is 0 Å². The highest BCUT2D eigenvalue weighted by molar-refractivity contribution is 5.84. The lowest BCUT2D eigenvalue weighted by Crippen LogP contribution is -2.48. The van der Waals surface area contributed by atoms with Gasteiger partial charge in [0.15, 0.2) is 5.60 Å². The fourth-order valence-electron chi connectivity index (χ4n) is 2.50. The Morgan fingerprint density at radius 2 is 1.60 bits per heavy atom. The Morgan fingerprint density at radius 3 is 2.12 bits per heavy atom. The third kappa shape index (κ3) is 4.95. The minimum Gasteiger partial charge on any atom is -0.497 e. The molecule has 25 heavy (non-hydrogen) atoms. The molecule has 0 bridgehead atoms. The first-order chi connectivity index (χ1) is 11.9. The average molecular weight is 345 g/mol. The molecule has 0 radical (unpaired) electrons. The Labute approximate surface area is 148 Å². The van der Waals surface area contributed by atoms with Gasteiger partial charge in [0.25, 0.3) is 5.91 Å². The van der Waals surface area contributed by atoms with Crippen LogP contribution < -0.4 is 9.47 Å². The van der Waals surface area contributed by atoms with Gasteiger partial charge in [0, 0.05) is 13.1 Å². The van der Waals surface area contributed by atoms with E-state index in [-0.39, 0.29) is 11.7 Å². The normalized spacial score (nSPS) is 11.1. The van der Waals surface area contributed by atoms with Crippen molar-refractivity contribution in [2.45, 2.75) is 32.9 Å². The first kappa shape index (κ1) is 18.8. The monoisotopic (exact) mass is 345 g/mol. The highest BCUT2D eigenvalue weighted by Crippen LogP contribution is 2.22. The Kier molecular flexibility index (Phi) is 6.02. The van der Waals surface area contributed by atoms with E-state index in [2.05, 4.69) is 0 Å². The zero-order chi connectivity index (χ0) is 18.4. The second-order valence-electron chi connectivity index (χ2n) is 6.23. The molecule has 0 saturated heterocycles. The SMILES string of the molecule is CCN(Cc1ccc(OC)cc1)C(=O)C(C)(C)Oc1ccc(F)cc1. The first-order valence-electron chi connectivity index (χ1n) is 8.22. The molecule has 134 valence electrons. The summed E-state index contributed by atoms with van der Waals surface area (Å²) in [5, 5.41) is 0. The summed E-state index contributed by atoms with van der Waals surface area (Å²) in [6.45, 7) is 6.40. The van der Waals surface area contributed by atoms with Crippen molar-refractivity contribution in [1.29, 1.82) is 0 Å². The molecule has 1 amide bonds. The molecule has 0 fully saturated rings. The lowest BCUT2D eigenvalue weighted by molar-refractivity contribution is -0.145. The second kappa shape index (κ2) is 8.01. The molecule has 0 atom stereocenters. The van der Waals surface area contributed by atoms with Gasteiger partial charge >= 0.3 is 0 Å². The van der Waals surface area contributed by atoms with E-state index in [1.165, 1.54) is 24.3 Å². The average Bonchev–Trinajstić information content (AvgIpc) is 2.61. The Bertz CT molecular complexity index is 696. The van der Waals surface area contributed by atoms with Crippen LogP contribution in [0.5, 0.6) is 11.5 Å². The van der Waals surface area contributed by atoms with Crippen LogP contribution in [0.15, 0.2) is 48.5 Å². The lowest BCUT2D eigenvalue weighted by Gasteiger charge is -2.32. The molecule has 2 rings (SSSR count). The van der Waals surface area contributed by atoms with Crippen molar-refractivity contribution in [2.75, 3.05) is 13.7 Å². The highest BCUT2D eigenvalue weighted by Gasteiger charge is 2.33. The van der Waals surface area contributed by atoms with Gasteiger partial charge in [0.2, 0.25) is 0 Å². The molecule has 0 heterocycles. The van der Waals surface area contributed by atoms with Gasteiger partial charge in [0.1, 0.15) is 17.3 Å². The van der Waals surface area contributed by atoms with E-state index < -0.39 is 5.60 Å². The number of likely N-dealkylation sites (N-methyl/N-ethyl adjacent to an activating group) is 1. The second-order valence-corrected chi connectivity index (χ2v) is 6.23. The van der Waals surface area contributed by atoms with Crippen molar-refractivity contribution in [1.82, 2.24) is 4.90 Å². The molecule has 0 aliphatic heterocycles. The number of carbonyl (C=O) groups excluding carboxylic acids is 1. The summed E-state index contributed by atoms with van der Waals surface area (Å²) in [6.07, 6.45) is 0. The number of methoxy groups -OCH3 is 1. The number of nitrogens with zero attached hydrogens (tertiary/aromatic N) is 1. The fourth-order valence-corrected chi connectivity index (χ4v) is 2.50. The number of halogens is 1. The molecule has 5 heteroatoms. The van der Waals surface area contributed by atoms with Gasteiger partial charge in [0.05, 0.1) is 7.11 Å². The van der Waals surface area contributed by atoms with Crippen LogP contribution >= 0.6 is 0 Å². The molecule has 2 aromatic carbocycles. The maximum Gasteiger partial charge on any atom is 0.266 e. The molecule has 0 saturated carbocycles. The van der Waals surface area contributed by atoms with E-state index in [1.807, 2.05) is 31.2 Å². The molecule has 2 aromatic rings. The van der Waals surface area contributed by atoms with Crippen LogP contribution in [0, 0.1) is 5.82 Å². The molecule has 4 nitrogen and oxygen atoms in total. The van der Waals surface area contributed by atoms with Crippen LogP contribution in [0.4, 0.5) is 4.39 Å². The van der Waals surface area contributed by atoms with E-state index in [9.17, 15) is 9.18 Å². The van der Waals surface area contributed by atoms with Crippen LogP contribution in [0.25, 0.3) is 0 Å². The number of hydrogen-bond acceptors (Lipinski definition) is 3. The van der Waals surface area contributed by atoms with Crippen LogP contribution in [0.2, 0.25) is 0 Å². The summed E-state index contributed by atoms with van der Waals surface area (Å²) < 4.78 is 24.0. The Balaban J connectivity index is 2.09. The van der Waals surface area contributed by atoms with Gasteiger partial charge in [-0.15, -0.1) is 0 Å². The van der Waals surface area contributed by atoms with E-state index in [0.717, 1.165) is 11.3 Å². The highest BCUT2D eigenvalue weighted by atomic mass is 19.1. The summed E-state index contributed by atoms with van der Waals surface area (Å²) in [7, 11) is 1.62. The van der Waals surface area contributed by atoms with Gasteiger partial charge in [-0.05, 0) is 62.7 Å². The van der Waals surface area contributed by atoms with Crippen LogP contribution in [-0.4, -0.2) is 30.1 Å². The minimum absolute atomic E-state index is 0.129. The largest absolute Gasteiger partial charge is 0.497 e. The van der Waals surface area contributed by atoms with E-state index in [1.54, 1.807) is 25.9 Å². The number of benzene rings is 2. The molecule has 0 N–H and O–H groups in total. The maximum absolute atomic E-state index is 13.0. The first-order valence-corrected chi connectivity index (χ1v) is 8.22. The van der Waals surface area contributed by atoms with E-state index in [0.29, 0.717) is 18.8 Å². The van der Waals surface area contributed by atoms with Crippen molar-refractivity contribution in [3.63, 3.8) is 0 Å². The molecule has 0 aromatic heterocycles. The molecule has 0 aliphatic carbocycles. The standard InChI is InChI=1S/C20H24FNO3/c1-5-22(14-15-6-10-17(24-4)11-7-15)19(23)20(2,3)25-18-12-8-16(21)9-13-18/h6-13H,5,14H2,1-4H3. The predicted molar refractivity (Wildman–Crippen MR) is 95.2 cm³/mol. The fraction of sp³-hybridized carbons (Fsp3) is 0.350. The minimum atomic E-state index is -1.06. The van der Waals surface area contributed by atoms with Crippen molar-refractivity contribution in [3.8, 4) is 11.5 Å². The van der Waals surface area contributed by atoms with Gasteiger partial charge in [-0.3, -0.25) is 4.79 Å². The molecule has 0 aliphatic rings. The molecular weight excluding hydrogens is 321 g/mol. The Morgan fingerprint density at radius 1 is 1.04 bits per heavy atom. The number of ether oxygens (including phenoxy) is 2. The number of carbonyl (C=O) groups is 1. The summed E-state index contributed by atoms with van der Waals surface area (Å²) >= 11 is 0. The molecule has 0 unspecified atom stereocenters.